The zero-order valence-electron chi connectivity index (χ0n) is 19.9. The second kappa shape index (κ2) is 13.8. The van der Waals surface area contributed by atoms with Gasteiger partial charge in [-0.25, -0.2) is 0 Å². The number of hydrogen-bond acceptors (Lipinski definition) is 6. The Balaban J connectivity index is 1.43. The van der Waals surface area contributed by atoms with Crippen LogP contribution < -0.4 is 0 Å². The van der Waals surface area contributed by atoms with E-state index in [0.717, 1.165) is 10.5 Å². The summed E-state index contributed by atoms with van der Waals surface area (Å²) in [7, 11) is 0. The maximum atomic E-state index is 12.1. The molecule has 180 valence electrons. The topological polar surface area (TPSA) is 90.0 Å². The predicted molar refractivity (Wildman–Crippen MR) is 125 cm³/mol. The second-order valence-corrected chi connectivity index (χ2v) is 8.60. The van der Waals surface area contributed by atoms with Crippen LogP contribution in [0.5, 0.6) is 0 Å². The molecule has 0 radical (unpaired) electrons. The molecule has 7 nitrogen and oxygen atoms in total. The summed E-state index contributed by atoms with van der Waals surface area (Å²) in [6.45, 7) is 7.61. The molecule has 0 N–H and O–H groups in total. The summed E-state index contributed by atoms with van der Waals surface area (Å²) < 4.78 is 10.9. The van der Waals surface area contributed by atoms with Crippen LogP contribution in [0.15, 0.2) is 35.9 Å². The minimum absolute atomic E-state index is 0.00244. The number of amides is 2. The Morgan fingerprint density at radius 3 is 2.15 bits per heavy atom. The minimum Gasteiger partial charge on any atom is -0.379 e. The number of benzene rings is 1. The molecule has 33 heavy (non-hydrogen) atoms. The van der Waals surface area contributed by atoms with Crippen LogP contribution in [0.1, 0.15) is 63.5 Å². The summed E-state index contributed by atoms with van der Waals surface area (Å²) in [5.41, 5.74) is 2.69. The van der Waals surface area contributed by atoms with Gasteiger partial charge in [0.2, 0.25) is 0 Å². The quantitative estimate of drug-likeness (QED) is 0.279. The molecular weight excluding hydrogens is 422 g/mol. The monoisotopic (exact) mass is 457 g/mol. The SMILES string of the molecule is CC1=CC(=O)N(CCC(=O)CCCOCCOCCC(=O)Cc2ccc(C(C)C)cc2)C1=O. The molecule has 0 bridgehead atoms. The molecule has 0 aliphatic carbocycles. The summed E-state index contributed by atoms with van der Waals surface area (Å²) in [4.78, 5) is 48.5. The van der Waals surface area contributed by atoms with E-state index >= 15 is 0 Å². The van der Waals surface area contributed by atoms with Crippen molar-refractivity contribution in [1.82, 2.24) is 4.90 Å². The van der Waals surface area contributed by atoms with Crippen molar-refractivity contribution in [3.63, 3.8) is 0 Å². The Morgan fingerprint density at radius 2 is 1.55 bits per heavy atom. The van der Waals surface area contributed by atoms with E-state index in [9.17, 15) is 19.2 Å². The van der Waals surface area contributed by atoms with Crippen LogP contribution in [0.4, 0.5) is 0 Å². The molecule has 1 aliphatic rings. The van der Waals surface area contributed by atoms with Crippen molar-refractivity contribution in [2.75, 3.05) is 33.0 Å². The van der Waals surface area contributed by atoms with Crippen molar-refractivity contribution in [2.24, 2.45) is 0 Å². The standard InChI is InChI=1S/C26H35NO6/c1-19(2)22-8-6-21(7-9-22)18-24(29)11-14-33-16-15-32-13-4-5-23(28)10-12-27-25(30)17-20(3)26(27)31/h6-9,17,19H,4-5,10-16,18H2,1-3H3. The van der Waals surface area contributed by atoms with Crippen LogP contribution in [0.3, 0.4) is 0 Å². The number of carbonyl (C=O) groups excluding carboxylic acids is 4. The van der Waals surface area contributed by atoms with Gasteiger partial charge in [-0.3, -0.25) is 24.1 Å². The first-order valence-electron chi connectivity index (χ1n) is 11.6. The number of carbonyl (C=O) groups is 4. The number of hydrogen-bond donors (Lipinski definition) is 0. The molecular formula is C26H35NO6. The van der Waals surface area contributed by atoms with E-state index in [2.05, 4.69) is 26.0 Å². The number of nitrogens with zero attached hydrogens (tertiary/aromatic N) is 1. The number of rotatable bonds is 16. The van der Waals surface area contributed by atoms with Crippen LogP contribution in [-0.4, -0.2) is 61.3 Å². The molecule has 1 heterocycles. The van der Waals surface area contributed by atoms with Gasteiger partial charge >= 0.3 is 0 Å². The van der Waals surface area contributed by atoms with Crippen molar-refractivity contribution in [3.8, 4) is 0 Å². The van der Waals surface area contributed by atoms with E-state index in [1.165, 1.54) is 11.6 Å². The third kappa shape index (κ3) is 9.40. The van der Waals surface area contributed by atoms with Gasteiger partial charge in [0.15, 0.2) is 0 Å². The maximum absolute atomic E-state index is 12.1. The van der Waals surface area contributed by atoms with Gasteiger partial charge in [0, 0.05) is 50.5 Å². The van der Waals surface area contributed by atoms with Gasteiger partial charge in [0.05, 0.1) is 19.8 Å². The fraction of sp³-hybridized carbons (Fsp3) is 0.538. The van der Waals surface area contributed by atoms with Gasteiger partial charge in [0.25, 0.3) is 11.8 Å². The maximum Gasteiger partial charge on any atom is 0.256 e. The Morgan fingerprint density at radius 1 is 0.879 bits per heavy atom. The van der Waals surface area contributed by atoms with Crippen LogP contribution in [0, 0.1) is 0 Å². The van der Waals surface area contributed by atoms with Crippen LogP contribution >= 0.6 is 0 Å². The summed E-state index contributed by atoms with van der Waals surface area (Å²) in [5.74, 6) is -0.0483. The number of ether oxygens (including phenoxy) is 2. The third-order valence-electron chi connectivity index (χ3n) is 5.49. The molecule has 0 saturated heterocycles. The molecule has 0 unspecified atom stereocenters. The summed E-state index contributed by atoms with van der Waals surface area (Å²) >= 11 is 0. The zero-order valence-corrected chi connectivity index (χ0v) is 19.9. The van der Waals surface area contributed by atoms with Crippen LogP contribution in [0.2, 0.25) is 0 Å². The average molecular weight is 458 g/mol. The Kier molecular flexibility index (Phi) is 11.1. The highest BCUT2D eigenvalue weighted by atomic mass is 16.5. The van der Waals surface area contributed by atoms with Crippen molar-refractivity contribution >= 4 is 23.4 Å². The summed E-state index contributed by atoms with van der Waals surface area (Å²) in [5, 5.41) is 0. The van der Waals surface area contributed by atoms with Crippen molar-refractivity contribution in [2.45, 2.75) is 58.8 Å². The van der Waals surface area contributed by atoms with E-state index in [0.29, 0.717) is 63.6 Å². The fourth-order valence-corrected chi connectivity index (χ4v) is 3.43. The van der Waals surface area contributed by atoms with Gasteiger partial charge < -0.3 is 9.47 Å². The second-order valence-electron chi connectivity index (χ2n) is 8.60. The highest BCUT2D eigenvalue weighted by molar-refractivity contribution is 6.16. The number of ketones is 2. The van der Waals surface area contributed by atoms with E-state index in [1.807, 2.05) is 12.1 Å². The average Bonchev–Trinajstić information content (AvgIpc) is 3.02. The molecule has 0 aromatic heterocycles. The molecule has 1 aromatic rings. The lowest BCUT2D eigenvalue weighted by Gasteiger charge is -2.13. The largest absolute Gasteiger partial charge is 0.379 e. The van der Waals surface area contributed by atoms with E-state index in [4.69, 9.17) is 9.47 Å². The smallest absolute Gasteiger partial charge is 0.256 e. The van der Waals surface area contributed by atoms with Gasteiger partial charge in [-0.15, -0.1) is 0 Å². The molecule has 0 fully saturated rings. The molecule has 0 atom stereocenters. The first-order valence-corrected chi connectivity index (χ1v) is 11.6. The van der Waals surface area contributed by atoms with Crippen LogP contribution in [-0.2, 0) is 35.1 Å². The highest BCUT2D eigenvalue weighted by Crippen LogP contribution is 2.15. The molecule has 7 heteroatoms. The third-order valence-corrected chi connectivity index (χ3v) is 5.49. The number of imide groups is 1. The lowest BCUT2D eigenvalue weighted by molar-refractivity contribution is -0.137. The van der Waals surface area contributed by atoms with Crippen LogP contribution in [0.25, 0.3) is 0 Å². The zero-order chi connectivity index (χ0) is 24.2. The van der Waals surface area contributed by atoms with Crippen molar-refractivity contribution < 1.29 is 28.7 Å². The molecule has 0 spiro atoms. The Labute approximate surface area is 196 Å². The van der Waals surface area contributed by atoms with E-state index in [-0.39, 0.29) is 36.3 Å². The lowest BCUT2D eigenvalue weighted by Crippen LogP contribution is -2.32. The van der Waals surface area contributed by atoms with Crippen molar-refractivity contribution in [3.05, 3.63) is 47.0 Å². The summed E-state index contributed by atoms with van der Waals surface area (Å²) in [6, 6.07) is 8.16. The summed E-state index contributed by atoms with van der Waals surface area (Å²) in [6.07, 6.45) is 3.17. The van der Waals surface area contributed by atoms with Gasteiger partial charge in [-0.2, -0.15) is 0 Å². The predicted octanol–water partition coefficient (Wildman–Crippen LogP) is 3.40. The first kappa shape index (κ1) is 26.6. The molecule has 2 amide bonds. The van der Waals surface area contributed by atoms with Gasteiger partial charge in [-0.05, 0) is 30.4 Å². The Bertz CT molecular complexity index is 856. The lowest BCUT2D eigenvalue weighted by atomic mass is 10.00. The molecule has 2 rings (SSSR count). The fourth-order valence-electron chi connectivity index (χ4n) is 3.43. The first-order chi connectivity index (χ1) is 15.8. The molecule has 1 aliphatic heterocycles. The van der Waals surface area contributed by atoms with Crippen molar-refractivity contribution in [1.29, 1.82) is 0 Å². The van der Waals surface area contributed by atoms with E-state index < -0.39 is 0 Å². The molecule has 1 aromatic carbocycles. The van der Waals surface area contributed by atoms with Gasteiger partial charge in [-0.1, -0.05) is 38.1 Å². The highest BCUT2D eigenvalue weighted by Gasteiger charge is 2.28. The normalized spacial score (nSPS) is 13.7. The Hall–Kier alpha value is -2.64. The van der Waals surface area contributed by atoms with Gasteiger partial charge in [0.1, 0.15) is 11.6 Å². The number of Topliss-reactive ketones (excluding diaryl/α,β-unsaturated/α-hetero) is 2. The van der Waals surface area contributed by atoms with E-state index in [1.54, 1.807) is 6.92 Å². The minimum atomic E-state index is -0.351. The molecule has 0 saturated carbocycles.